The van der Waals surface area contributed by atoms with E-state index in [4.69, 9.17) is 0 Å². The van der Waals surface area contributed by atoms with Crippen molar-refractivity contribution in [1.29, 1.82) is 0 Å². The largest absolute Gasteiger partial charge is 0.331 e. The van der Waals surface area contributed by atoms with Crippen LogP contribution in [0.5, 0.6) is 0 Å². The number of carbonyl (C=O) groups excluding carboxylic acids is 1. The lowest BCUT2D eigenvalue weighted by Gasteiger charge is -2.08. The van der Waals surface area contributed by atoms with Gasteiger partial charge >= 0.3 is 6.03 Å². The first kappa shape index (κ1) is 17.9. The molecule has 0 saturated carbocycles. The van der Waals surface area contributed by atoms with Gasteiger partial charge < -0.3 is 15.2 Å². The minimum Gasteiger partial charge on any atom is -0.331 e. The number of thioether (sulfide) groups is 1. The highest BCUT2D eigenvalue weighted by molar-refractivity contribution is 7.98. The molecule has 134 valence electrons. The fourth-order valence-corrected chi connectivity index (χ4v) is 3.01. The number of hydrogen-bond donors (Lipinski definition) is 2. The fourth-order valence-electron chi connectivity index (χ4n) is 2.14. The number of anilines is 1. The van der Waals surface area contributed by atoms with Crippen LogP contribution in [0.25, 0.3) is 0 Å². The second-order valence-electron chi connectivity index (χ2n) is 5.40. The molecule has 0 unspecified atom stereocenters. The molecule has 0 aliphatic carbocycles. The smallest absolute Gasteiger partial charge is 0.319 e. The third-order valence-electron chi connectivity index (χ3n) is 3.54. The molecule has 7 nitrogen and oxygen atoms in total. The number of urea groups is 1. The molecule has 3 aromatic rings. The van der Waals surface area contributed by atoms with Crippen LogP contribution < -0.4 is 10.6 Å². The molecule has 0 aliphatic heterocycles. The highest BCUT2D eigenvalue weighted by atomic mass is 32.2. The first-order valence-corrected chi connectivity index (χ1v) is 8.81. The van der Waals surface area contributed by atoms with Gasteiger partial charge in [-0.05, 0) is 23.8 Å². The molecule has 2 aromatic heterocycles. The molecule has 2 amide bonds. The van der Waals surface area contributed by atoms with Gasteiger partial charge in [-0.15, -0.1) is 10.2 Å². The van der Waals surface area contributed by atoms with E-state index in [9.17, 15) is 9.18 Å². The van der Waals surface area contributed by atoms with Gasteiger partial charge in [-0.3, -0.25) is 4.98 Å². The number of rotatable bonds is 6. The Kier molecular flexibility index (Phi) is 5.80. The van der Waals surface area contributed by atoms with Crippen LogP contribution in [0, 0.1) is 5.82 Å². The summed E-state index contributed by atoms with van der Waals surface area (Å²) in [5, 5.41) is 14.1. The summed E-state index contributed by atoms with van der Waals surface area (Å²) < 4.78 is 15.3. The number of carbonyl (C=O) groups is 1. The van der Waals surface area contributed by atoms with Gasteiger partial charge in [-0.1, -0.05) is 30.0 Å². The third-order valence-corrected chi connectivity index (χ3v) is 4.64. The van der Waals surface area contributed by atoms with Crippen LogP contribution in [-0.4, -0.2) is 25.8 Å². The normalized spacial score (nSPS) is 10.5. The average molecular weight is 372 g/mol. The Morgan fingerprint density at radius 3 is 2.85 bits per heavy atom. The molecule has 3 rings (SSSR count). The maximum Gasteiger partial charge on any atom is 0.319 e. The van der Waals surface area contributed by atoms with Crippen molar-refractivity contribution in [2.24, 2.45) is 7.05 Å². The Labute approximate surface area is 154 Å². The van der Waals surface area contributed by atoms with E-state index < -0.39 is 11.8 Å². The summed E-state index contributed by atoms with van der Waals surface area (Å²) in [5.74, 6) is 0.832. The summed E-state index contributed by atoms with van der Waals surface area (Å²) in [6, 6.07) is 9.34. The quantitative estimate of drug-likeness (QED) is 0.650. The minimum absolute atomic E-state index is 0.121. The van der Waals surface area contributed by atoms with Crippen molar-refractivity contribution in [3.05, 3.63) is 66.0 Å². The molecule has 2 heterocycles. The molecule has 9 heteroatoms. The Bertz CT molecular complexity index is 886. The Morgan fingerprint density at radius 1 is 1.23 bits per heavy atom. The van der Waals surface area contributed by atoms with Gasteiger partial charge in [0.1, 0.15) is 5.82 Å². The maximum absolute atomic E-state index is 13.5. The van der Waals surface area contributed by atoms with E-state index in [-0.39, 0.29) is 12.2 Å². The molecule has 0 saturated heterocycles. The second-order valence-corrected chi connectivity index (χ2v) is 6.34. The van der Waals surface area contributed by atoms with Crippen molar-refractivity contribution in [1.82, 2.24) is 25.1 Å². The molecule has 0 atom stereocenters. The molecule has 0 aliphatic rings. The monoisotopic (exact) mass is 372 g/mol. The molecular formula is C17H17FN6OS. The maximum atomic E-state index is 13.5. The van der Waals surface area contributed by atoms with Gasteiger partial charge in [0, 0.05) is 25.2 Å². The number of hydrogen-bond acceptors (Lipinski definition) is 5. The first-order valence-electron chi connectivity index (χ1n) is 7.83. The molecule has 0 spiro atoms. The number of aromatic nitrogens is 4. The number of nitrogens with zero attached hydrogens (tertiary/aromatic N) is 4. The minimum atomic E-state index is -0.511. The Hall–Kier alpha value is -2.94. The number of pyridine rings is 1. The van der Waals surface area contributed by atoms with Gasteiger partial charge in [0.2, 0.25) is 0 Å². The summed E-state index contributed by atoms with van der Waals surface area (Å²) in [7, 11) is 1.83. The predicted octanol–water partition coefficient (Wildman–Crippen LogP) is 2.96. The van der Waals surface area contributed by atoms with Gasteiger partial charge in [0.05, 0.1) is 12.2 Å². The molecule has 2 N–H and O–H groups in total. The van der Waals surface area contributed by atoms with Crippen molar-refractivity contribution in [2.75, 3.05) is 5.32 Å². The number of halogens is 1. The SMILES string of the molecule is Cn1c(CNC(=O)Nc2ccccc2F)nnc1SCc1cccnc1. The van der Waals surface area contributed by atoms with Crippen molar-refractivity contribution < 1.29 is 9.18 Å². The summed E-state index contributed by atoms with van der Waals surface area (Å²) in [5.41, 5.74) is 1.21. The third kappa shape index (κ3) is 4.57. The average Bonchev–Trinajstić information content (AvgIpc) is 3.01. The topological polar surface area (TPSA) is 84.7 Å². The summed E-state index contributed by atoms with van der Waals surface area (Å²) in [6.45, 7) is 0.178. The molecule has 26 heavy (non-hydrogen) atoms. The zero-order valence-corrected chi connectivity index (χ0v) is 14.8. The zero-order valence-electron chi connectivity index (χ0n) is 14.0. The van der Waals surface area contributed by atoms with Crippen LogP contribution in [-0.2, 0) is 19.3 Å². The molecule has 0 bridgehead atoms. The fraction of sp³-hybridized carbons (Fsp3) is 0.176. The highest BCUT2D eigenvalue weighted by Gasteiger charge is 2.11. The second kappa shape index (κ2) is 8.43. The Morgan fingerprint density at radius 2 is 2.08 bits per heavy atom. The zero-order chi connectivity index (χ0) is 18.4. The number of nitrogens with one attached hydrogen (secondary N) is 2. The van der Waals surface area contributed by atoms with Gasteiger partial charge in [-0.25, -0.2) is 9.18 Å². The molecule has 0 fully saturated rings. The molecule has 0 radical (unpaired) electrons. The molecular weight excluding hydrogens is 355 g/mol. The van der Waals surface area contributed by atoms with E-state index in [0.29, 0.717) is 5.82 Å². The Balaban J connectivity index is 1.53. The van der Waals surface area contributed by atoms with Crippen LogP contribution >= 0.6 is 11.8 Å². The summed E-state index contributed by atoms with van der Waals surface area (Å²) in [6.07, 6.45) is 3.53. The summed E-state index contributed by atoms with van der Waals surface area (Å²) >= 11 is 1.53. The van der Waals surface area contributed by atoms with Gasteiger partial charge in [0.25, 0.3) is 0 Å². The van der Waals surface area contributed by atoms with Crippen molar-refractivity contribution in [2.45, 2.75) is 17.5 Å². The van der Waals surface area contributed by atoms with E-state index in [2.05, 4.69) is 25.8 Å². The van der Waals surface area contributed by atoms with E-state index >= 15 is 0 Å². The van der Waals surface area contributed by atoms with Gasteiger partial charge in [0.15, 0.2) is 11.0 Å². The van der Waals surface area contributed by atoms with E-state index in [1.54, 1.807) is 24.5 Å². The lowest BCUT2D eigenvalue weighted by molar-refractivity contribution is 0.251. The van der Waals surface area contributed by atoms with Crippen molar-refractivity contribution in [3.63, 3.8) is 0 Å². The van der Waals surface area contributed by atoms with Crippen LogP contribution in [0.2, 0.25) is 0 Å². The highest BCUT2D eigenvalue weighted by Crippen LogP contribution is 2.20. The van der Waals surface area contributed by atoms with Crippen molar-refractivity contribution >= 4 is 23.5 Å². The van der Waals surface area contributed by atoms with Crippen LogP contribution in [0.15, 0.2) is 53.9 Å². The van der Waals surface area contributed by atoms with Crippen LogP contribution in [0.3, 0.4) is 0 Å². The van der Waals surface area contributed by atoms with Crippen LogP contribution in [0.4, 0.5) is 14.9 Å². The first-order chi connectivity index (χ1) is 12.6. The standard InChI is InChI=1S/C17H17FN6OS/c1-24-15(10-20-16(25)21-14-7-3-2-6-13(14)18)22-23-17(24)26-11-12-5-4-8-19-9-12/h2-9H,10-11H2,1H3,(H2,20,21,25). The van der Waals surface area contributed by atoms with E-state index in [1.165, 1.54) is 23.9 Å². The predicted molar refractivity (Wildman–Crippen MR) is 97.1 cm³/mol. The summed E-state index contributed by atoms with van der Waals surface area (Å²) in [4.78, 5) is 16.0. The number of amides is 2. The lowest BCUT2D eigenvalue weighted by atomic mass is 10.3. The number of para-hydroxylation sites is 1. The van der Waals surface area contributed by atoms with Gasteiger partial charge in [-0.2, -0.15) is 0 Å². The lowest BCUT2D eigenvalue weighted by Crippen LogP contribution is -2.29. The van der Waals surface area contributed by atoms with E-state index in [0.717, 1.165) is 16.5 Å². The molecule has 1 aromatic carbocycles. The van der Waals surface area contributed by atoms with E-state index in [1.807, 2.05) is 23.7 Å². The number of benzene rings is 1. The van der Waals surface area contributed by atoms with Crippen LogP contribution in [0.1, 0.15) is 11.4 Å². The van der Waals surface area contributed by atoms with Crippen molar-refractivity contribution in [3.8, 4) is 0 Å².